The molecule has 2 nitrogen and oxygen atoms in total. The third-order valence-corrected chi connectivity index (χ3v) is 5.17. The summed E-state index contributed by atoms with van der Waals surface area (Å²) < 4.78 is -0.169. The molecule has 0 bridgehead atoms. The van der Waals surface area contributed by atoms with E-state index in [-0.39, 0.29) is 10.7 Å². The minimum Gasteiger partial charge on any atom is -0.355 e. The maximum Gasteiger partial charge on any atom is 0.235 e. The standard InChI is InChI=1S/C12H22ClNOS/c1-10(9-13)5-3-7-14-11(15)12(2)6-4-8-16-12/h10H,3-9H2,1-2H3,(H,14,15). The Kier molecular flexibility index (Phi) is 5.98. The number of halogens is 1. The summed E-state index contributed by atoms with van der Waals surface area (Å²) in [4.78, 5) is 11.9. The van der Waals surface area contributed by atoms with Crippen LogP contribution >= 0.6 is 23.4 Å². The fraction of sp³-hybridized carbons (Fsp3) is 0.917. The van der Waals surface area contributed by atoms with Gasteiger partial charge in [-0.1, -0.05) is 6.92 Å². The van der Waals surface area contributed by atoms with Gasteiger partial charge in [-0.2, -0.15) is 0 Å². The molecule has 94 valence electrons. The number of thioether (sulfide) groups is 1. The lowest BCUT2D eigenvalue weighted by Crippen LogP contribution is -2.40. The van der Waals surface area contributed by atoms with E-state index in [1.165, 1.54) is 0 Å². The molecule has 1 saturated heterocycles. The number of carbonyl (C=O) groups excluding carboxylic acids is 1. The second kappa shape index (κ2) is 6.75. The van der Waals surface area contributed by atoms with Crippen molar-refractivity contribution in [1.82, 2.24) is 5.32 Å². The highest BCUT2D eigenvalue weighted by molar-refractivity contribution is 8.01. The highest BCUT2D eigenvalue weighted by atomic mass is 35.5. The van der Waals surface area contributed by atoms with Crippen LogP contribution in [0.5, 0.6) is 0 Å². The monoisotopic (exact) mass is 263 g/mol. The Morgan fingerprint density at radius 1 is 1.62 bits per heavy atom. The first kappa shape index (κ1) is 14.2. The van der Waals surface area contributed by atoms with E-state index < -0.39 is 0 Å². The van der Waals surface area contributed by atoms with E-state index in [2.05, 4.69) is 19.2 Å². The number of rotatable bonds is 6. The summed E-state index contributed by atoms with van der Waals surface area (Å²) in [5.74, 6) is 2.60. The first-order chi connectivity index (χ1) is 7.58. The Hall–Kier alpha value is 0.110. The van der Waals surface area contributed by atoms with Gasteiger partial charge in [0.15, 0.2) is 0 Å². The van der Waals surface area contributed by atoms with E-state index in [1.807, 2.05) is 0 Å². The number of amides is 1. The maximum absolute atomic E-state index is 11.9. The van der Waals surface area contributed by atoms with Crippen molar-refractivity contribution in [2.24, 2.45) is 5.92 Å². The van der Waals surface area contributed by atoms with E-state index in [1.54, 1.807) is 11.8 Å². The fourth-order valence-electron chi connectivity index (χ4n) is 1.87. The van der Waals surface area contributed by atoms with Crippen molar-refractivity contribution in [2.75, 3.05) is 18.2 Å². The predicted molar refractivity (Wildman–Crippen MR) is 72.2 cm³/mol. The Labute approximate surface area is 108 Å². The molecule has 0 radical (unpaired) electrons. The predicted octanol–water partition coefficient (Wildman–Crippen LogP) is 3.04. The molecular weight excluding hydrogens is 242 g/mol. The summed E-state index contributed by atoms with van der Waals surface area (Å²) in [6.45, 7) is 4.99. The molecule has 1 amide bonds. The van der Waals surface area contributed by atoms with Crippen molar-refractivity contribution >= 4 is 29.3 Å². The first-order valence-electron chi connectivity index (χ1n) is 6.07. The van der Waals surface area contributed by atoms with Crippen LogP contribution in [0.1, 0.15) is 39.5 Å². The maximum atomic E-state index is 11.9. The second-order valence-electron chi connectivity index (χ2n) is 4.84. The van der Waals surface area contributed by atoms with Gasteiger partial charge in [-0.05, 0) is 44.3 Å². The lowest BCUT2D eigenvalue weighted by Gasteiger charge is -2.21. The van der Waals surface area contributed by atoms with E-state index in [0.717, 1.165) is 38.0 Å². The second-order valence-corrected chi connectivity index (χ2v) is 6.75. The SMILES string of the molecule is CC(CCl)CCCNC(=O)C1(C)CCCS1. The average molecular weight is 264 g/mol. The van der Waals surface area contributed by atoms with Crippen molar-refractivity contribution in [3.05, 3.63) is 0 Å². The number of alkyl halides is 1. The molecule has 0 saturated carbocycles. The molecule has 0 aromatic rings. The molecular formula is C12H22ClNOS. The molecule has 0 aromatic heterocycles. The molecule has 0 aromatic carbocycles. The first-order valence-corrected chi connectivity index (χ1v) is 7.59. The van der Waals surface area contributed by atoms with Crippen molar-refractivity contribution in [3.63, 3.8) is 0 Å². The molecule has 1 heterocycles. The number of hydrogen-bond acceptors (Lipinski definition) is 2. The van der Waals surface area contributed by atoms with Crippen LogP contribution in [0.2, 0.25) is 0 Å². The van der Waals surface area contributed by atoms with Crippen LogP contribution in [0.25, 0.3) is 0 Å². The Morgan fingerprint density at radius 2 is 2.38 bits per heavy atom. The largest absolute Gasteiger partial charge is 0.355 e. The molecule has 1 fully saturated rings. The van der Waals surface area contributed by atoms with E-state index in [4.69, 9.17) is 11.6 Å². The Bertz CT molecular complexity index is 229. The molecule has 1 N–H and O–H groups in total. The lowest BCUT2D eigenvalue weighted by atomic mass is 10.0. The zero-order valence-corrected chi connectivity index (χ0v) is 11.8. The van der Waals surface area contributed by atoms with Crippen LogP contribution in [-0.2, 0) is 4.79 Å². The van der Waals surface area contributed by atoms with Crippen molar-refractivity contribution in [3.8, 4) is 0 Å². The quantitative estimate of drug-likeness (QED) is 0.590. The molecule has 0 aliphatic carbocycles. The molecule has 0 spiro atoms. The van der Waals surface area contributed by atoms with Gasteiger partial charge in [0.1, 0.15) is 0 Å². The van der Waals surface area contributed by atoms with Crippen LogP contribution < -0.4 is 5.32 Å². The van der Waals surface area contributed by atoms with Gasteiger partial charge in [-0.15, -0.1) is 23.4 Å². The van der Waals surface area contributed by atoms with Crippen LogP contribution in [0.15, 0.2) is 0 Å². The summed E-state index contributed by atoms with van der Waals surface area (Å²) in [5, 5.41) is 3.04. The van der Waals surface area contributed by atoms with Crippen molar-refractivity contribution in [1.29, 1.82) is 0 Å². The normalized spacial score (nSPS) is 26.7. The smallest absolute Gasteiger partial charge is 0.235 e. The lowest BCUT2D eigenvalue weighted by molar-refractivity contribution is -0.123. The molecule has 1 aliphatic heterocycles. The summed E-state index contributed by atoms with van der Waals surface area (Å²) >= 11 is 7.52. The van der Waals surface area contributed by atoms with Gasteiger partial charge in [0.05, 0.1) is 4.75 Å². The minimum absolute atomic E-state index is 0.169. The highest BCUT2D eigenvalue weighted by Gasteiger charge is 2.36. The van der Waals surface area contributed by atoms with Crippen LogP contribution in [0, 0.1) is 5.92 Å². The van der Waals surface area contributed by atoms with E-state index in [9.17, 15) is 4.79 Å². The molecule has 1 aliphatic rings. The van der Waals surface area contributed by atoms with Gasteiger partial charge in [0, 0.05) is 12.4 Å². The van der Waals surface area contributed by atoms with Crippen LogP contribution in [0.3, 0.4) is 0 Å². The number of nitrogens with one attached hydrogen (secondary N) is 1. The molecule has 1 rings (SSSR count). The molecule has 4 heteroatoms. The number of hydrogen-bond donors (Lipinski definition) is 1. The summed E-state index contributed by atoms with van der Waals surface area (Å²) in [5.41, 5.74) is 0. The summed E-state index contributed by atoms with van der Waals surface area (Å²) in [6, 6.07) is 0. The average Bonchev–Trinajstić information content (AvgIpc) is 2.72. The van der Waals surface area contributed by atoms with Gasteiger partial charge >= 0.3 is 0 Å². The minimum atomic E-state index is -0.169. The van der Waals surface area contributed by atoms with Crippen molar-refractivity contribution < 1.29 is 4.79 Å². The van der Waals surface area contributed by atoms with E-state index >= 15 is 0 Å². The molecule has 16 heavy (non-hydrogen) atoms. The van der Waals surface area contributed by atoms with E-state index in [0.29, 0.717) is 11.8 Å². The van der Waals surface area contributed by atoms with Gasteiger partial charge in [0.2, 0.25) is 5.91 Å². The Balaban J connectivity index is 2.15. The third kappa shape index (κ3) is 4.17. The number of carbonyl (C=O) groups is 1. The summed E-state index contributed by atoms with van der Waals surface area (Å²) in [7, 11) is 0. The third-order valence-electron chi connectivity index (χ3n) is 3.12. The van der Waals surface area contributed by atoms with Crippen LogP contribution in [0.4, 0.5) is 0 Å². The Morgan fingerprint density at radius 3 is 2.94 bits per heavy atom. The van der Waals surface area contributed by atoms with Gasteiger partial charge in [-0.3, -0.25) is 4.79 Å². The molecule has 2 atom stereocenters. The highest BCUT2D eigenvalue weighted by Crippen LogP contribution is 2.37. The molecule has 2 unspecified atom stereocenters. The van der Waals surface area contributed by atoms with Gasteiger partial charge in [-0.25, -0.2) is 0 Å². The topological polar surface area (TPSA) is 29.1 Å². The summed E-state index contributed by atoms with van der Waals surface area (Å²) in [6.07, 6.45) is 4.30. The zero-order chi connectivity index (χ0) is 12.0. The van der Waals surface area contributed by atoms with Gasteiger partial charge in [0.25, 0.3) is 0 Å². The fourth-order valence-corrected chi connectivity index (χ4v) is 3.26. The van der Waals surface area contributed by atoms with Gasteiger partial charge < -0.3 is 5.32 Å². The van der Waals surface area contributed by atoms with Crippen LogP contribution in [-0.4, -0.2) is 28.8 Å². The zero-order valence-electron chi connectivity index (χ0n) is 10.2. The van der Waals surface area contributed by atoms with Crippen molar-refractivity contribution in [2.45, 2.75) is 44.3 Å².